The molecule has 0 radical (unpaired) electrons. The van der Waals surface area contributed by atoms with E-state index in [1.165, 1.54) is 48.9 Å². The predicted molar refractivity (Wildman–Crippen MR) is 90.7 cm³/mol. The fourth-order valence-electron chi connectivity index (χ4n) is 3.90. The number of anilines is 1. The van der Waals surface area contributed by atoms with Gasteiger partial charge in [-0.05, 0) is 42.5 Å². The van der Waals surface area contributed by atoms with Gasteiger partial charge in [-0.2, -0.15) is 0 Å². The van der Waals surface area contributed by atoms with Crippen molar-refractivity contribution in [3.63, 3.8) is 0 Å². The lowest BCUT2D eigenvalue weighted by atomic mass is 9.87. The van der Waals surface area contributed by atoms with Crippen molar-refractivity contribution < 1.29 is 5.11 Å². The Labute approximate surface area is 137 Å². The Bertz CT molecular complexity index is 695. The van der Waals surface area contributed by atoms with Gasteiger partial charge in [0.05, 0.1) is 0 Å². The van der Waals surface area contributed by atoms with Gasteiger partial charge in [0.2, 0.25) is 0 Å². The Balaban J connectivity index is 1.56. The van der Waals surface area contributed by atoms with Crippen molar-refractivity contribution >= 4 is 5.82 Å². The summed E-state index contributed by atoms with van der Waals surface area (Å²) in [4.78, 5) is 11.3. The van der Waals surface area contributed by atoms with Crippen LogP contribution < -0.4 is 4.90 Å². The van der Waals surface area contributed by atoms with Crippen LogP contribution in [-0.4, -0.2) is 21.6 Å². The van der Waals surface area contributed by atoms with Gasteiger partial charge in [-0.15, -0.1) is 0 Å². The zero-order valence-corrected chi connectivity index (χ0v) is 13.4. The summed E-state index contributed by atoms with van der Waals surface area (Å²) in [6.07, 6.45) is 9.23. The van der Waals surface area contributed by atoms with Gasteiger partial charge in [0.25, 0.3) is 0 Å². The van der Waals surface area contributed by atoms with Crippen molar-refractivity contribution in [3.05, 3.63) is 47.4 Å². The highest BCUT2D eigenvalue weighted by molar-refractivity contribution is 5.46. The van der Waals surface area contributed by atoms with Gasteiger partial charge >= 0.3 is 0 Å². The third-order valence-electron chi connectivity index (χ3n) is 5.22. The van der Waals surface area contributed by atoms with E-state index in [1.54, 1.807) is 12.4 Å². The van der Waals surface area contributed by atoms with Crippen LogP contribution in [0.4, 0.5) is 5.82 Å². The predicted octanol–water partition coefficient (Wildman–Crippen LogP) is 3.79. The number of hydrogen-bond donors (Lipinski definition) is 1. The van der Waals surface area contributed by atoms with Crippen LogP contribution in [-0.2, 0) is 13.0 Å². The first kappa shape index (κ1) is 14.5. The highest BCUT2D eigenvalue weighted by Gasteiger charge is 2.21. The van der Waals surface area contributed by atoms with E-state index < -0.39 is 0 Å². The molecule has 0 atom stereocenters. The Morgan fingerprint density at radius 1 is 1.00 bits per heavy atom. The molecular weight excluding hydrogens is 286 g/mol. The van der Waals surface area contributed by atoms with Gasteiger partial charge in [0, 0.05) is 30.8 Å². The van der Waals surface area contributed by atoms with Crippen LogP contribution in [0.25, 0.3) is 0 Å². The minimum atomic E-state index is 0.344. The molecule has 2 aromatic rings. The number of nitrogens with zero attached hydrogens (tertiary/aromatic N) is 3. The number of phenols is 1. The van der Waals surface area contributed by atoms with Crippen LogP contribution in [0.2, 0.25) is 0 Å². The number of hydrogen-bond acceptors (Lipinski definition) is 4. The lowest BCUT2D eigenvalue weighted by molar-refractivity contribution is 0.436. The summed E-state index contributed by atoms with van der Waals surface area (Å²) in [5.41, 5.74) is 3.74. The lowest BCUT2D eigenvalue weighted by Crippen LogP contribution is -2.31. The number of rotatable bonds is 2. The standard InChI is InChI=1S/C19H23N3O/c23-17-7-6-14-8-9-22(12-16(14)10-17)19-11-18(20-13-21-19)15-4-2-1-3-5-15/h6-7,10-11,13,15,23H,1-5,8-9,12H2. The molecule has 4 nitrogen and oxygen atoms in total. The van der Waals surface area contributed by atoms with Crippen molar-refractivity contribution in [2.24, 2.45) is 0 Å². The Morgan fingerprint density at radius 3 is 2.74 bits per heavy atom. The van der Waals surface area contributed by atoms with Crippen molar-refractivity contribution in [3.8, 4) is 5.75 Å². The van der Waals surface area contributed by atoms with Gasteiger partial charge in [0.15, 0.2) is 0 Å². The Hall–Kier alpha value is -2.10. The van der Waals surface area contributed by atoms with E-state index in [0.717, 1.165) is 25.3 Å². The molecular formula is C19H23N3O. The zero-order chi connectivity index (χ0) is 15.6. The molecule has 0 saturated heterocycles. The summed E-state index contributed by atoms with van der Waals surface area (Å²) in [6.45, 7) is 1.78. The largest absolute Gasteiger partial charge is 0.508 e. The summed E-state index contributed by atoms with van der Waals surface area (Å²) in [5, 5.41) is 9.72. The molecule has 1 fully saturated rings. The van der Waals surface area contributed by atoms with Crippen molar-refractivity contribution in [2.45, 2.75) is 51.0 Å². The van der Waals surface area contributed by atoms with Gasteiger partial charge in [0.1, 0.15) is 17.9 Å². The fourth-order valence-corrected chi connectivity index (χ4v) is 3.90. The average molecular weight is 309 g/mol. The van der Waals surface area contributed by atoms with Crippen LogP contribution in [0.1, 0.15) is 54.8 Å². The number of benzene rings is 1. The maximum absolute atomic E-state index is 9.72. The SMILES string of the molecule is Oc1ccc2c(c1)CN(c1cc(C3CCCCC3)ncn1)CC2. The normalized spacial score (nSPS) is 18.7. The molecule has 1 aromatic heterocycles. The van der Waals surface area contributed by atoms with Crippen LogP contribution in [0, 0.1) is 0 Å². The Morgan fingerprint density at radius 2 is 1.87 bits per heavy atom. The average Bonchev–Trinajstić information content (AvgIpc) is 2.62. The van der Waals surface area contributed by atoms with E-state index in [1.807, 2.05) is 12.1 Å². The van der Waals surface area contributed by atoms with Crippen LogP contribution in [0.3, 0.4) is 0 Å². The topological polar surface area (TPSA) is 49.2 Å². The maximum atomic E-state index is 9.72. The van der Waals surface area contributed by atoms with E-state index in [0.29, 0.717) is 11.7 Å². The van der Waals surface area contributed by atoms with Crippen LogP contribution in [0.15, 0.2) is 30.6 Å². The molecule has 23 heavy (non-hydrogen) atoms. The second kappa shape index (κ2) is 6.19. The molecule has 120 valence electrons. The molecule has 0 spiro atoms. The molecule has 2 heterocycles. The molecule has 1 aliphatic carbocycles. The van der Waals surface area contributed by atoms with Gasteiger partial charge in [-0.25, -0.2) is 9.97 Å². The number of phenolic OH excluding ortho intramolecular Hbond substituents is 1. The van der Waals surface area contributed by atoms with E-state index in [2.05, 4.69) is 20.9 Å². The molecule has 4 heteroatoms. The minimum Gasteiger partial charge on any atom is -0.508 e. The van der Waals surface area contributed by atoms with E-state index in [-0.39, 0.29) is 0 Å². The van der Waals surface area contributed by atoms with Crippen LogP contribution >= 0.6 is 0 Å². The van der Waals surface area contributed by atoms with Crippen molar-refractivity contribution in [1.29, 1.82) is 0 Å². The third kappa shape index (κ3) is 3.03. The monoisotopic (exact) mass is 309 g/mol. The molecule has 0 unspecified atom stereocenters. The van der Waals surface area contributed by atoms with E-state index in [9.17, 15) is 5.11 Å². The summed E-state index contributed by atoms with van der Waals surface area (Å²) in [7, 11) is 0. The molecule has 1 saturated carbocycles. The van der Waals surface area contributed by atoms with Crippen LogP contribution in [0.5, 0.6) is 5.75 Å². The lowest BCUT2D eigenvalue weighted by Gasteiger charge is -2.30. The maximum Gasteiger partial charge on any atom is 0.132 e. The molecule has 1 N–H and O–H groups in total. The first-order valence-electron chi connectivity index (χ1n) is 8.67. The summed E-state index contributed by atoms with van der Waals surface area (Å²) >= 11 is 0. The quantitative estimate of drug-likeness (QED) is 0.917. The minimum absolute atomic E-state index is 0.344. The molecule has 0 bridgehead atoms. The summed E-state index contributed by atoms with van der Waals surface area (Å²) < 4.78 is 0. The number of aromatic hydroxyl groups is 1. The van der Waals surface area contributed by atoms with Gasteiger partial charge in [-0.3, -0.25) is 0 Å². The second-order valence-electron chi connectivity index (χ2n) is 6.76. The van der Waals surface area contributed by atoms with Crippen molar-refractivity contribution in [2.75, 3.05) is 11.4 Å². The van der Waals surface area contributed by atoms with Gasteiger partial charge in [-0.1, -0.05) is 25.3 Å². The smallest absolute Gasteiger partial charge is 0.132 e. The first-order chi connectivity index (χ1) is 11.3. The fraction of sp³-hybridized carbons (Fsp3) is 0.474. The molecule has 1 aromatic carbocycles. The van der Waals surface area contributed by atoms with Crippen molar-refractivity contribution in [1.82, 2.24) is 9.97 Å². The molecule has 4 rings (SSSR count). The van der Waals surface area contributed by atoms with E-state index >= 15 is 0 Å². The summed E-state index contributed by atoms with van der Waals surface area (Å²) in [6, 6.07) is 7.88. The van der Waals surface area contributed by atoms with Gasteiger partial charge < -0.3 is 10.0 Å². The zero-order valence-electron chi connectivity index (χ0n) is 13.4. The van der Waals surface area contributed by atoms with E-state index in [4.69, 9.17) is 0 Å². The molecule has 2 aliphatic rings. The summed E-state index contributed by atoms with van der Waals surface area (Å²) in [5.74, 6) is 1.97. The first-order valence-corrected chi connectivity index (χ1v) is 8.67. The highest BCUT2D eigenvalue weighted by atomic mass is 16.3. The third-order valence-corrected chi connectivity index (χ3v) is 5.22. The Kier molecular flexibility index (Phi) is 3.90. The number of aromatic nitrogens is 2. The molecule has 1 aliphatic heterocycles. The highest BCUT2D eigenvalue weighted by Crippen LogP contribution is 2.33. The number of fused-ring (bicyclic) bond motifs is 1. The second-order valence-corrected chi connectivity index (χ2v) is 6.76. The molecule has 0 amide bonds.